The first-order valence-electron chi connectivity index (χ1n) is 6.59. The van der Waals surface area contributed by atoms with Crippen LogP contribution < -0.4 is 10.6 Å². The van der Waals surface area contributed by atoms with Crippen molar-refractivity contribution < 1.29 is 19.4 Å². The molecule has 0 radical (unpaired) electrons. The molecule has 1 fully saturated rings. The molecule has 1 aliphatic heterocycles. The first-order chi connectivity index (χ1) is 8.62. The molecule has 0 aliphatic carbocycles. The van der Waals surface area contributed by atoms with Gasteiger partial charge < -0.3 is 20.5 Å². The molecule has 110 valence electrons. The lowest BCUT2D eigenvalue weighted by molar-refractivity contribution is -0.138. The van der Waals surface area contributed by atoms with Crippen LogP contribution in [0.2, 0.25) is 0 Å². The zero-order chi connectivity index (χ0) is 14.7. The highest BCUT2D eigenvalue weighted by Crippen LogP contribution is 2.23. The smallest absolute Gasteiger partial charge is 0.408 e. The maximum Gasteiger partial charge on any atom is 0.408 e. The molecule has 0 spiro atoms. The number of carbonyl (C=O) groups excluding carboxylic acids is 1. The normalized spacial score (nSPS) is 22.6. The maximum absolute atomic E-state index is 11.9. The largest absolute Gasteiger partial charge is 0.481 e. The van der Waals surface area contributed by atoms with Crippen molar-refractivity contribution in [2.75, 3.05) is 6.54 Å². The van der Waals surface area contributed by atoms with Gasteiger partial charge in [0.05, 0.1) is 12.0 Å². The molecule has 3 N–H and O–H groups in total. The van der Waals surface area contributed by atoms with Crippen LogP contribution in [0.25, 0.3) is 0 Å². The van der Waals surface area contributed by atoms with E-state index in [0.717, 1.165) is 19.4 Å². The Kier molecular flexibility index (Phi) is 4.79. The number of ether oxygens (including phenoxy) is 1. The van der Waals surface area contributed by atoms with Gasteiger partial charge in [-0.3, -0.25) is 4.79 Å². The molecule has 2 atom stereocenters. The number of carbonyl (C=O) groups is 2. The summed E-state index contributed by atoms with van der Waals surface area (Å²) in [6.07, 6.45) is 1.12. The van der Waals surface area contributed by atoms with Crippen molar-refractivity contribution >= 4 is 12.1 Å². The molecule has 1 rings (SSSR count). The third-order valence-electron chi connectivity index (χ3n) is 3.13. The minimum absolute atomic E-state index is 0.0453. The predicted octanol–water partition coefficient (Wildman–Crippen LogP) is 1.50. The van der Waals surface area contributed by atoms with Crippen molar-refractivity contribution in [2.45, 2.75) is 64.1 Å². The predicted molar refractivity (Wildman–Crippen MR) is 71.1 cm³/mol. The van der Waals surface area contributed by atoms with Crippen molar-refractivity contribution in [3.05, 3.63) is 0 Å². The van der Waals surface area contributed by atoms with Crippen LogP contribution in [0, 0.1) is 0 Å². The van der Waals surface area contributed by atoms with E-state index >= 15 is 0 Å². The molecular weight excluding hydrogens is 248 g/mol. The lowest BCUT2D eigenvalue weighted by Crippen LogP contribution is -2.59. The molecule has 0 aromatic carbocycles. The zero-order valence-corrected chi connectivity index (χ0v) is 12.1. The fourth-order valence-electron chi connectivity index (χ4n) is 2.33. The zero-order valence-electron chi connectivity index (χ0n) is 12.1. The second kappa shape index (κ2) is 5.77. The van der Waals surface area contributed by atoms with E-state index < -0.39 is 23.2 Å². The highest BCUT2D eigenvalue weighted by atomic mass is 16.6. The number of alkyl carbamates (subject to hydrolysis) is 1. The maximum atomic E-state index is 11.9. The van der Waals surface area contributed by atoms with E-state index in [-0.39, 0.29) is 12.5 Å². The Labute approximate surface area is 113 Å². The number of hydrogen-bond acceptors (Lipinski definition) is 4. The van der Waals surface area contributed by atoms with Crippen LogP contribution in [0.15, 0.2) is 0 Å². The lowest BCUT2D eigenvalue weighted by Gasteiger charge is -2.36. The summed E-state index contributed by atoms with van der Waals surface area (Å²) in [7, 11) is 0. The third kappa shape index (κ3) is 5.06. The monoisotopic (exact) mass is 272 g/mol. The van der Waals surface area contributed by atoms with Crippen molar-refractivity contribution in [3.63, 3.8) is 0 Å². The van der Waals surface area contributed by atoms with Crippen molar-refractivity contribution in [2.24, 2.45) is 0 Å². The SMILES string of the molecule is CC(C)(C)OC(=O)NC(C)(CC(=O)O)C1CCCN1. The molecule has 6 nitrogen and oxygen atoms in total. The van der Waals surface area contributed by atoms with Gasteiger partial charge in [0.1, 0.15) is 5.60 Å². The fraction of sp³-hybridized carbons (Fsp3) is 0.846. The van der Waals surface area contributed by atoms with Crippen molar-refractivity contribution in [1.82, 2.24) is 10.6 Å². The Morgan fingerprint density at radius 1 is 1.37 bits per heavy atom. The molecule has 6 heteroatoms. The lowest BCUT2D eigenvalue weighted by atomic mass is 9.87. The van der Waals surface area contributed by atoms with Gasteiger partial charge in [-0.15, -0.1) is 0 Å². The number of carboxylic acid groups (broad SMARTS) is 1. The van der Waals surface area contributed by atoms with Gasteiger partial charge in [-0.05, 0) is 47.1 Å². The van der Waals surface area contributed by atoms with Gasteiger partial charge in [0.25, 0.3) is 0 Å². The Balaban J connectivity index is 2.73. The number of carboxylic acids is 1. The van der Waals surface area contributed by atoms with Crippen LogP contribution in [0.4, 0.5) is 4.79 Å². The second-order valence-electron chi connectivity index (χ2n) is 6.26. The quantitative estimate of drug-likeness (QED) is 0.722. The summed E-state index contributed by atoms with van der Waals surface area (Å²) in [6.45, 7) is 7.91. The molecule has 0 saturated carbocycles. The average molecular weight is 272 g/mol. The van der Waals surface area contributed by atoms with Crippen LogP contribution in [0.3, 0.4) is 0 Å². The van der Waals surface area contributed by atoms with Crippen LogP contribution in [-0.4, -0.2) is 40.9 Å². The molecule has 1 heterocycles. The third-order valence-corrected chi connectivity index (χ3v) is 3.13. The van der Waals surface area contributed by atoms with Crippen molar-refractivity contribution in [3.8, 4) is 0 Å². The molecule has 19 heavy (non-hydrogen) atoms. The van der Waals surface area contributed by atoms with Crippen LogP contribution in [-0.2, 0) is 9.53 Å². The second-order valence-corrected chi connectivity index (χ2v) is 6.26. The summed E-state index contributed by atoms with van der Waals surface area (Å²) in [5.41, 5.74) is -1.44. The van der Waals surface area contributed by atoms with Gasteiger partial charge in [0.2, 0.25) is 0 Å². The van der Waals surface area contributed by atoms with Gasteiger partial charge in [0, 0.05) is 6.04 Å². The van der Waals surface area contributed by atoms with Gasteiger partial charge in [0.15, 0.2) is 0 Å². The minimum Gasteiger partial charge on any atom is -0.481 e. The highest BCUT2D eigenvalue weighted by Gasteiger charge is 2.40. The molecule has 0 aromatic heterocycles. The van der Waals surface area contributed by atoms with E-state index in [9.17, 15) is 9.59 Å². The van der Waals surface area contributed by atoms with Gasteiger partial charge >= 0.3 is 12.1 Å². The number of rotatable bonds is 4. The Bertz CT molecular complexity index is 345. The van der Waals surface area contributed by atoms with Gasteiger partial charge in [-0.2, -0.15) is 0 Å². The molecule has 1 saturated heterocycles. The minimum atomic E-state index is -0.938. The molecule has 0 bridgehead atoms. The molecule has 1 aliphatic rings. The van der Waals surface area contributed by atoms with Crippen LogP contribution in [0.5, 0.6) is 0 Å². The van der Waals surface area contributed by atoms with E-state index in [1.807, 2.05) is 0 Å². The highest BCUT2D eigenvalue weighted by molar-refractivity contribution is 5.73. The first-order valence-corrected chi connectivity index (χ1v) is 6.59. The van der Waals surface area contributed by atoms with Gasteiger partial charge in [-0.25, -0.2) is 4.79 Å². The summed E-state index contributed by atoms with van der Waals surface area (Å²) in [6, 6.07) is -0.0453. The summed E-state index contributed by atoms with van der Waals surface area (Å²) in [5.74, 6) is -0.938. The number of aliphatic carboxylic acids is 1. The molecular formula is C13H24N2O4. The molecule has 0 aromatic rings. The van der Waals surface area contributed by atoms with E-state index in [2.05, 4.69) is 10.6 Å². The summed E-state index contributed by atoms with van der Waals surface area (Å²) in [5, 5.41) is 15.0. The fourth-order valence-corrected chi connectivity index (χ4v) is 2.33. The number of hydrogen-bond donors (Lipinski definition) is 3. The molecule has 2 unspecified atom stereocenters. The van der Waals surface area contributed by atoms with E-state index in [4.69, 9.17) is 9.84 Å². The van der Waals surface area contributed by atoms with E-state index in [1.54, 1.807) is 27.7 Å². The summed E-state index contributed by atoms with van der Waals surface area (Å²) < 4.78 is 5.20. The van der Waals surface area contributed by atoms with Crippen LogP contribution >= 0.6 is 0 Å². The molecule has 1 amide bonds. The average Bonchev–Trinajstić information content (AvgIpc) is 2.64. The standard InChI is InChI=1S/C13H24N2O4/c1-12(2,3)19-11(18)15-13(4,8-10(16)17)9-6-5-7-14-9/h9,14H,5-8H2,1-4H3,(H,15,18)(H,16,17). The summed E-state index contributed by atoms with van der Waals surface area (Å²) in [4.78, 5) is 22.9. The topological polar surface area (TPSA) is 87.7 Å². The van der Waals surface area contributed by atoms with Crippen molar-refractivity contribution in [1.29, 1.82) is 0 Å². The van der Waals surface area contributed by atoms with Crippen LogP contribution in [0.1, 0.15) is 47.0 Å². The number of nitrogens with one attached hydrogen (secondary N) is 2. The summed E-state index contributed by atoms with van der Waals surface area (Å²) >= 11 is 0. The number of amides is 1. The Morgan fingerprint density at radius 3 is 2.42 bits per heavy atom. The Morgan fingerprint density at radius 2 is 2.00 bits per heavy atom. The van der Waals surface area contributed by atoms with E-state index in [1.165, 1.54) is 0 Å². The first kappa shape index (κ1) is 15.8. The van der Waals surface area contributed by atoms with E-state index in [0.29, 0.717) is 0 Å². The van der Waals surface area contributed by atoms with Gasteiger partial charge in [-0.1, -0.05) is 0 Å². The Hall–Kier alpha value is -1.30.